The Bertz CT molecular complexity index is 115. The van der Waals surface area contributed by atoms with E-state index in [9.17, 15) is 0 Å². The molecule has 0 aromatic heterocycles. The molecule has 2 atom stereocenters. The van der Waals surface area contributed by atoms with Crippen molar-refractivity contribution < 1.29 is 0 Å². The highest BCUT2D eigenvalue weighted by molar-refractivity contribution is 4.68. The molecule has 0 spiro atoms. The Labute approximate surface area is 84.4 Å². The second-order valence-corrected chi connectivity index (χ2v) is 4.32. The molecule has 0 heteroatoms. The minimum atomic E-state index is 0.895. The van der Waals surface area contributed by atoms with E-state index in [0.29, 0.717) is 0 Å². The lowest BCUT2D eigenvalue weighted by Crippen LogP contribution is -2.07. The second kappa shape index (κ2) is 8.34. The van der Waals surface area contributed by atoms with Crippen LogP contribution in [0.3, 0.4) is 0 Å². The van der Waals surface area contributed by atoms with Gasteiger partial charge in [-0.15, -0.1) is 6.58 Å². The molecule has 0 nitrogen and oxygen atoms in total. The first kappa shape index (κ1) is 12.7. The van der Waals surface area contributed by atoms with Gasteiger partial charge in [0, 0.05) is 0 Å². The maximum atomic E-state index is 3.75. The second-order valence-electron chi connectivity index (χ2n) is 4.32. The van der Waals surface area contributed by atoms with Gasteiger partial charge < -0.3 is 0 Å². The summed E-state index contributed by atoms with van der Waals surface area (Å²) in [5.41, 5.74) is 0. The van der Waals surface area contributed by atoms with E-state index >= 15 is 0 Å². The largest absolute Gasteiger partial charge is 0.103 e. The van der Waals surface area contributed by atoms with Crippen LogP contribution in [0.15, 0.2) is 12.7 Å². The molecule has 0 rings (SSSR count). The first-order valence-corrected chi connectivity index (χ1v) is 5.83. The molecule has 0 aromatic rings. The summed E-state index contributed by atoms with van der Waals surface area (Å²) >= 11 is 0. The predicted molar refractivity (Wildman–Crippen MR) is 61.9 cm³/mol. The molecule has 0 aromatic carbocycles. The van der Waals surface area contributed by atoms with Crippen LogP contribution in [0.5, 0.6) is 0 Å². The lowest BCUT2D eigenvalue weighted by atomic mass is 9.87. The Morgan fingerprint density at radius 2 is 1.62 bits per heavy atom. The number of allylic oxidation sites excluding steroid dienone is 1. The number of hydrogen-bond acceptors (Lipinski definition) is 0. The fraction of sp³-hybridized carbons (Fsp3) is 0.846. The summed E-state index contributed by atoms with van der Waals surface area (Å²) in [6.07, 6.45) is 10.1. The molecule has 0 saturated heterocycles. The molecule has 0 aliphatic rings. The SMILES string of the molecule is C=CCCCC(C)C(C)CCCC. The Hall–Kier alpha value is -0.260. The third-order valence-electron chi connectivity index (χ3n) is 3.05. The lowest BCUT2D eigenvalue weighted by molar-refractivity contribution is 0.330. The predicted octanol–water partition coefficient (Wildman–Crippen LogP) is 4.81. The van der Waals surface area contributed by atoms with Crippen LogP contribution in [-0.4, -0.2) is 0 Å². The van der Waals surface area contributed by atoms with Crippen LogP contribution in [0.1, 0.15) is 59.3 Å². The van der Waals surface area contributed by atoms with Gasteiger partial charge in [0.15, 0.2) is 0 Å². The van der Waals surface area contributed by atoms with Gasteiger partial charge in [-0.1, -0.05) is 52.5 Å². The van der Waals surface area contributed by atoms with Gasteiger partial charge in [0.2, 0.25) is 0 Å². The van der Waals surface area contributed by atoms with Crippen LogP contribution in [0, 0.1) is 11.8 Å². The molecular formula is C13H26. The fourth-order valence-corrected chi connectivity index (χ4v) is 1.68. The van der Waals surface area contributed by atoms with Crippen molar-refractivity contribution in [1.82, 2.24) is 0 Å². The molecule has 0 radical (unpaired) electrons. The first-order valence-electron chi connectivity index (χ1n) is 5.83. The van der Waals surface area contributed by atoms with Crippen molar-refractivity contribution in [2.45, 2.75) is 59.3 Å². The number of unbranched alkanes of at least 4 members (excludes halogenated alkanes) is 2. The van der Waals surface area contributed by atoms with Gasteiger partial charge >= 0.3 is 0 Å². The van der Waals surface area contributed by atoms with Gasteiger partial charge in [0.1, 0.15) is 0 Å². The van der Waals surface area contributed by atoms with Gasteiger partial charge in [-0.2, -0.15) is 0 Å². The first-order chi connectivity index (χ1) is 6.22. The van der Waals surface area contributed by atoms with Crippen molar-refractivity contribution in [1.29, 1.82) is 0 Å². The van der Waals surface area contributed by atoms with Gasteiger partial charge in [-0.25, -0.2) is 0 Å². The maximum Gasteiger partial charge on any atom is -0.0353 e. The highest BCUT2D eigenvalue weighted by atomic mass is 14.2. The van der Waals surface area contributed by atoms with Crippen molar-refractivity contribution in [2.75, 3.05) is 0 Å². The molecule has 0 bridgehead atoms. The smallest absolute Gasteiger partial charge is 0.0353 e. The molecule has 2 unspecified atom stereocenters. The van der Waals surface area contributed by atoms with Gasteiger partial charge in [-0.05, 0) is 24.7 Å². The van der Waals surface area contributed by atoms with E-state index in [1.165, 1.54) is 38.5 Å². The van der Waals surface area contributed by atoms with Crippen LogP contribution < -0.4 is 0 Å². The zero-order valence-electron chi connectivity index (χ0n) is 9.68. The average Bonchev–Trinajstić information content (AvgIpc) is 2.14. The normalized spacial score (nSPS) is 15.3. The Morgan fingerprint density at radius 3 is 2.08 bits per heavy atom. The Morgan fingerprint density at radius 1 is 1.08 bits per heavy atom. The van der Waals surface area contributed by atoms with Crippen molar-refractivity contribution in [3.63, 3.8) is 0 Å². The van der Waals surface area contributed by atoms with E-state index in [0.717, 1.165) is 11.8 Å². The summed E-state index contributed by atoms with van der Waals surface area (Å²) in [6, 6.07) is 0. The topological polar surface area (TPSA) is 0 Å². The molecule has 0 heterocycles. The standard InChI is InChI=1S/C13H26/c1-5-7-9-11-13(4)12(3)10-8-6-2/h5,12-13H,1,6-11H2,2-4H3. The Kier molecular flexibility index (Phi) is 8.18. The molecule has 13 heavy (non-hydrogen) atoms. The summed E-state index contributed by atoms with van der Waals surface area (Å²) < 4.78 is 0. The van der Waals surface area contributed by atoms with Crippen LogP contribution in [0.25, 0.3) is 0 Å². The number of rotatable bonds is 8. The average molecular weight is 182 g/mol. The highest BCUT2D eigenvalue weighted by Crippen LogP contribution is 2.22. The number of hydrogen-bond donors (Lipinski definition) is 0. The monoisotopic (exact) mass is 182 g/mol. The van der Waals surface area contributed by atoms with Crippen LogP contribution in [0.4, 0.5) is 0 Å². The Balaban J connectivity index is 3.43. The van der Waals surface area contributed by atoms with Crippen molar-refractivity contribution in [3.8, 4) is 0 Å². The molecule has 0 aliphatic carbocycles. The minimum Gasteiger partial charge on any atom is -0.103 e. The molecular weight excluding hydrogens is 156 g/mol. The van der Waals surface area contributed by atoms with E-state index in [1.54, 1.807) is 0 Å². The van der Waals surface area contributed by atoms with E-state index in [1.807, 2.05) is 6.08 Å². The fourth-order valence-electron chi connectivity index (χ4n) is 1.68. The van der Waals surface area contributed by atoms with Crippen LogP contribution in [-0.2, 0) is 0 Å². The van der Waals surface area contributed by atoms with Crippen molar-refractivity contribution in [2.24, 2.45) is 11.8 Å². The molecule has 0 fully saturated rings. The zero-order chi connectivity index (χ0) is 10.1. The van der Waals surface area contributed by atoms with E-state index in [2.05, 4.69) is 27.4 Å². The highest BCUT2D eigenvalue weighted by Gasteiger charge is 2.10. The van der Waals surface area contributed by atoms with Crippen molar-refractivity contribution >= 4 is 0 Å². The van der Waals surface area contributed by atoms with Gasteiger partial charge in [-0.3, -0.25) is 0 Å². The third-order valence-corrected chi connectivity index (χ3v) is 3.05. The van der Waals surface area contributed by atoms with Crippen LogP contribution >= 0.6 is 0 Å². The molecule has 0 N–H and O–H groups in total. The lowest BCUT2D eigenvalue weighted by Gasteiger charge is -2.19. The van der Waals surface area contributed by atoms with Crippen LogP contribution in [0.2, 0.25) is 0 Å². The quantitative estimate of drug-likeness (QED) is 0.373. The summed E-state index contributed by atoms with van der Waals surface area (Å²) in [7, 11) is 0. The summed E-state index contributed by atoms with van der Waals surface area (Å²) in [6.45, 7) is 10.8. The van der Waals surface area contributed by atoms with Crippen molar-refractivity contribution in [3.05, 3.63) is 12.7 Å². The summed E-state index contributed by atoms with van der Waals surface area (Å²) in [5.74, 6) is 1.80. The third kappa shape index (κ3) is 6.86. The molecule has 0 amide bonds. The van der Waals surface area contributed by atoms with E-state index in [4.69, 9.17) is 0 Å². The molecule has 78 valence electrons. The zero-order valence-corrected chi connectivity index (χ0v) is 9.68. The minimum absolute atomic E-state index is 0.895. The summed E-state index contributed by atoms with van der Waals surface area (Å²) in [4.78, 5) is 0. The van der Waals surface area contributed by atoms with Gasteiger partial charge in [0.05, 0.1) is 0 Å². The maximum absolute atomic E-state index is 3.75. The van der Waals surface area contributed by atoms with Gasteiger partial charge in [0.25, 0.3) is 0 Å². The summed E-state index contributed by atoms with van der Waals surface area (Å²) in [5, 5.41) is 0. The molecule has 0 saturated carbocycles. The van der Waals surface area contributed by atoms with E-state index < -0.39 is 0 Å². The van der Waals surface area contributed by atoms with E-state index in [-0.39, 0.29) is 0 Å². The molecule has 0 aliphatic heterocycles.